The number of carbonyl (C=O) groups is 1. The van der Waals surface area contributed by atoms with E-state index in [1.165, 1.54) is 0 Å². The number of hydrogen-bond acceptors (Lipinski definition) is 7. The normalized spacial score (nSPS) is 16.7. The molecule has 1 saturated carbocycles. The van der Waals surface area contributed by atoms with Crippen LogP contribution in [0.15, 0.2) is 41.5 Å². The van der Waals surface area contributed by atoms with Crippen LogP contribution in [0.4, 0.5) is 16.4 Å². The Kier molecular flexibility index (Phi) is 6.24. The molecule has 1 amide bonds. The molecule has 2 aliphatic rings. The van der Waals surface area contributed by atoms with Gasteiger partial charge in [-0.15, -0.1) is 0 Å². The van der Waals surface area contributed by atoms with E-state index >= 15 is 0 Å². The quantitative estimate of drug-likeness (QED) is 0.346. The Labute approximate surface area is 239 Å². The van der Waals surface area contributed by atoms with Crippen molar-refractivity contribution in [3.8, 4) is 5.82 Å². The van der Waals surface area contributed by atoms with E-state index in [-0.39, 0.29) is 17.7 Å². The second kappa shape index (κ2) is 9.46. The highest BCUT2D eigenvalue weighted by Crippen LogP contribution is 2.38. The predicted octanol–water partition coefficient (Wildman–Crippen LogP) is 5.47. The minimum atomic E-state index is -0.555. The number of benzene rings is 1. The van der Waals surface area contributed by atoms with Crippen molar-refractivity contribution in [1.29, 1.82) is 0 Å². The molecule has 0 unspecified atom stereocenters. The van der Waals surface area contributed by atoms with Crippen LogP contribution in [-0.2, 0) is 16.7 Å². The summed E-state index contributed by atoms with van der Waals surface area (Å²) < 4.78 is 11.1. The molecular formula is C30H38N8O3. The standard InChI is InChI=1S/C30H38N8O3/c1-18(2)37-26(39)22-17-31-27(33-25(22)38(37)24-13-15-36(34-24)21-9-10-21)32-20-8-11-23-19(16-20)12-14-35(30(23,6)7)28(40)41-29(3,4)5/h8,11,13,15-18,21H,9-10,12,14H2,1-7H3,(H,31,32,33). The summed E-state index contributed by atoms with van der Waals surface area (Å²) in [5.41, 5.74) is 2.34. The first-order chi connectivity index (χ1) is 19.3. The fourth-order valence-electron chi connectivity index (χ4n) is 5.63. The van der Waals surface area contributed by atoms with Crippen molar-refractivity contribution in [3.63, 3.8) is 0 Å². The van der Waals surface area contributed by atoms with E-state index in [0.717, 1.165) is 29.7 Å². The third kappa shape index (κ3) is 4.87. The van der Waals surface area contributed by atoms with Crippen molar-refractivity contribution in [3.05, 3.63) is 58.1 Å². The van der Waals surface area contributed by atoms with Gasteiger partial charge in [-0.05, 0) is 91.0 Å². The zero-order valence-electron chi connectivity index (χ0n) is 24.8. The Bertz CT molecular complexity index is 1700. The molecule has 1 N–H and O–H groups in total. The smallest absolute Gasteiger partial charge is 0.411 e. The molecule has 1 fully saturated rings. The van der Waals surface area contributed by atoms with Crippen molar-refractivity contribution >= 4 is 28.8 Å². The van der Waals surface area contributed by atoms with Gasteiger partial charge in [-0.3, -0.25) is 14.4 Å². The number of nitrogens with one attached hydrogen (secondary N) is 1. The van der Waals surface area contributed by atoms with E-state index in [9.17, 15) is 9.59 Å². The summed E-state index contributed by atoms with van der Waals surface area (Å²) in [6.07, 6.45) is 6.19. The number of hydrogen-bond donors (Lipinski definition) is 1. The van der Waals surface area contributed by atoms with Crippen LogP contribution in [0, 0.1) is 0 Å². The number of nitrogens with zero attached hydrogens (tertiary/aromatic N) is 7. The third-order valence-electron chi connectivity index (χ3n) is 7.76. The molecule has 6 rings (SSSR count). The van der Waals surface area contributed by atoms with E-state index < -0.39 is 11.1 Å². The van der Waals surface area contributed by atoms with E-state index in [4.69, 9.17) is 14.8 Å². The van der Waals surface area contributed by atoms with E-state index in [1.807, 2.05) is 77.5 Å². The van der Waals surface area contributed by atoms with Crippen LogP contribution in [0.25, 0.3) is 16.9 Å². The average molecular weight is 559 g/mol. The molecule has 0 radical (unpaired) electrons. The highest BCUT2D eigenvalue weighted by molar-refractivity contribution is 5.77. The van der Waals surface area contributed by atoms with Crippen molar-refractivity contribution in [2.45, 2.75) is 91.0 Å². The second-order valence-corrected chi connectivity index (χ2v) is 12.8. The van der Waals surface area contributed by atoms with Gasteiger partial charge < -0.3 is 10.1 Å². The van der Waals surface area contributed by atoms with Crippen LogP contribution in [0.2, 0.25) is 0 Å². The Morgan fingerprint density at radius 2 is 1.93 bits per heavy atom. The van der Waals surface area contributed by atoms with Crippen molar-refractivity contribution in [2.75, 3.05) is 11.9 Å². The lowest BCUT2D eigenvalue weighted by Gasteiger charge is -2.44. The van der Waals surface area contributed by atoms with Crippen molar-refractivity contribution < 1.29 is 9.53 Å². The summed E-state index contributed by atoms with van der Waals surface area (Å²) in [4.78, 5) is 37.3. The van der Waals surface area contributed by atoms with Gasteiger partial charge in [0.15, 0.2) is 11.5 Å². The lowest BCUT2D eigenvalue weighted by Crippen LogP contribution is -2.51. The van der Waals surface area contributed by atoms with Gasteiger partial charge in [0.2, 0.25) is 5.95 Å². The largest absolute Gasteiger partial charge is 0.444 e. The minimum absolute atomic E-state index is 0.0940. The van der Waals surface area contributed by atoms with Gasteiger partial charge in [-0.1, -0.05) is 6.07 Å². The average Bonchev–Trinajstić information content (AvgIpc) is 3.54. The van der Waals surface area contributed by atoms with Crippen LogP contribution in [0.3, 0.4) is 0 Å². The number of carbonyl (C=O) groups excluding carboxylic acids is 1. The maximum absolute atomic E-state index is 13.3. The van der Waals surface area contributed by atoms with E-state index in [2.05, 4.69) is 16.4 Å². The summed E-state index contributed by atoms with van der Waals surface area (Å²) in [5.74, 6) is 1.05. The SMILES string of the molecule is CC(C)n1c(=O)c2cnc(Nc3ccc4c(c3)CCN(C(=O)OC(C)(C)C)C4(C)C)nc2n1-c1ccn(C2CC2)n1. The fourth-order valence-corrected chi connectivity index (χ4v) is 5.63. The van der Waals surface area contributed by atoms with Crippen LogP contribution in [0.1, 0.15) is 84.5 Å². The first-order valence-corrected chi connectivity index (χ1v) is 14.3. The molecule has 1 aromatic carbocycles. The molecular weight excluding hydrogens is 520 g/mol. The van der Waals surface area contributed by atoms with Crippen LogP contribution >= 0.6 is 0 Å². The van der Waals surface area contributed by atoms with Crippen molar-refractivity contribution in [2.24, 2.45) is 0 Å². The fraction of sp³-hybridized carbons (Fsp3) is 0.500. The molecule has 0 saturated heterocycles. The molecule has 4 aromatic rings. The first kappa shape index (κ1) is 27.0. The zero-order chi connectivity index (χ0) is 29.3. The van der Waals surface area contributed by atoms with Gasteiger partial charge in [-0.2, -0.15) is 10.1 Å². The number of anilines is 2. The zero-order valence-corrected chi connectivity index (χ0v) is 24.8. The summed E-state index contributed by atoms with van der Waals surface area (Å²) in [5, 5.41) is 8.54. The monoisotopic (exact) mass is 558 g/mol. The van der Waals surface area contributed by atoms with Gasteiger partial charge in [0.25, 0.3) is 5.56 Å². The summed E-state index contributed by atoms with van der Waals surface area (Å²) >= 11 is 0. The summed E-state index contributed by atoms with van der Waals surface area (Å²) in [7, 11) is 0. The minimum Gasteiger partial charge on any atom is -0.444 e. The number of fused-ring (bicyclic) bond motifs is 2. The molecule has 0 bridgehead atoms. The molecule has 216 valence electrons. The maximum atomic E-state index is 13.3. The predicted molar refractivity (Wildman–Crippen MR) is 157 cm³/mol. The van der Waals surface area contributed by atoms with Crippen LogP contribution < -0.4 is 10.9 Å². The first-order valence-electron chi connectivity index (χ1n) is 14.3. The highest BCUT2D eigenvalue weighted by atomic mass is 16.6. The van der Waals surface area contributed by atoms with Crippen molar-refractivity contribution in [1.82, 2.24) is 34.0 Å². The van der Waals surface area contributed by atoms with Gasteiger partial charge in [0.1, 0.15) is 11.0 Å². The number of rotatable bonds is 5. The Balaban J connectivity index is 1.32. The molecule has 1 aliphatic carbocycles. The van der Waals surface area contributed by atoms with Crippen LogP contribution in [-0.4, -0.2) is 52.3 Å². The van der Waals surface area contributed by atoms with Gasteiger partial charge >= 0.3 is 6.09 Å². The Morgan fingerprint density at radius 3 is 2.61 bits per heavy atom. The second-order valence-electron chi connectivity index (χ2n) is 12.8. The number of amides is 1. The molecule has 4 heterocycles. The molecule has 3 aromatic heterocycles. The molecule has 0 spiro atoms. The van der Waals surface area contributed by atoms with E-state index in [1.54, 1.807) is 20.5 Å². The molecule has 11 nitrogen and oxygen atoms in total. The van der Waals surface area contributed by atoms with Gasteiger partial charge in [0.05, 0.1) is 11.6 Å². The maximum Gasteiger partial charge on any atom is 0.411 e. The highest BCUT2D eigenvalue weighted by Gasteiger charge is 2.39. The number of aromatic nitrogens is 6. The molecule has 41 heavy (non-hydrogen) atoms. The number of ether oxygens (including phenoxy) is 1. The van der Waals surface area contributed by atoms with E-state index in [0.29, 0.717) is 41.8 Å². The molecule has 0 atom stereocenters. The van der Waals surface area contributed by atoms with Gasteiger partial charge in [-0.25, -0.2) is 19.1 Å². The topological polar surface area (TPSA) is 112 Å². The Morgan fingerprint density at radius 1 is 1.17 bits per heavy atom. The third-order valence-corrected chi connectivity index (χ3v) is 7.76. The summed E-state index contributed by atoms with van der Waals surface area (Å²) in [6.45, 7) is 14.2. The lowest BCUT2D eigenvalue weighted by atomic mass is 9.83. The van der Waals surface area contributed by atoms with Gasteiger partial charge in [0, 0.05) is 36.7 Å². The van der Waals surface area contributed by atoms with Crippen LogP contribution in [0.5, 0.6) is 0 Å². The molecule has 1 aliphatic heterocycles. The lowest BCUT2D eigenvalue weighted by molar-refractivity contribution is -0.000300. The molecule has 11 heteroatoms. The summed E-state index contributed by atoms with van der Waals surface area (Å²) in [6, 6.07) is 8.36. The Hall–Kier alpha value is -4.15.